The van der Waals surface area contributed by atoms with Crippen molar-refractivity contribution in [2.45, 2.75) is 6.04 Å². The standard InChI is InChI=1S/C12H11BrN6/c13-9-4-14-11-10(9)12(16-7-15-11)18-5-8(6-18)19-3-1-2-17-19/h1-4,7-8H,5-6H2,(H,14,15,16). The van der Waals surface area contributed by atoms with Crippen LogP contribution in [-0.4, -0.2) is 37.8 Å². The lowest BCUT2D eigenvalue weighted by Crippen LogP contribution is -2.48. The highest BCUT2D eigenvalue weighted by molar-refractivity contribution is 9.10. The first-order valence-electron chi connectivity index (χ1n) is 6.04. The van der Waals surface area contributed by atoms with Gasteiger partial charge >= 0.3 is 0 Å². The van der Waals surface area contributed by atoms with Crippen LogP contribution in [-0.2, 0) is 0 Å². The monoisotopic (exact) mass is 318 g/mol. The molecule has 1 aliphatic heterocycles. The number of rotatable bonds is 2. The average molecular weight is 319 g/mol. The fourth-order valence-corrected chi connectivity index (χ4v) is 2.92. The lowest BCUT2D eigenvalue weighted by molar-refractivity contribution is 0.366. The molecule has 0 aromatic carbocycles. The van der Waals surface area contributed by atoms with E-state index in [1.807, 2.05) is 29.3 Å². The van der Waals surface area contributed by atoms with Gasteiger partial charge in [-0.25, -0.2) is 9.97 Å². The molecule has 0 aliphatic carbocycles. The first-order valence-corrected chi connectivity index (χ1v) is 6.84. The highest BCUT2D eigenvalue weighted by atomic mass is 79.9. The predicted octanol–water partition coefficient (Wildman–Crippen LogP) is 1.98. The number of nitrogens with zero attached hydrogens (tertiary/aromatic N) is 5. The largest absolute Gasteiger partial charge is 0.351 e. The molecule has 7 heteroatoms. The lowest BCUT2D eigenvalue weighted by atomic mass is 10.1. The summed E-state index contributed by atoms with van der Waals surface area (Å²) in [6.07, 6.45) is 7.31. The van der Waals surface area contributed by atoms with Crippen LogP contribution < -0.4 is 4.90 Å². The van der Waals surface area contributed by atoms with Gasteiger partial charge < -0.3 is 9.88 Å². The van der Waals surface area contributed by atoms with Crippen LogP contribution in [0.3, 0.4) is 0 Å². The number of halogens is 1. The Hall–Kier alpha value is -1.89. The number of hydrogen-bond acceptors (Lipinski definition) is 4. The summed E-state index contributed by atoms with van der Waals surface area (Å²) >= 11 is 3.54. The van der Waals surface area contributed by atoms with E-state index in [-0.39, 0.29) is 0 Å². The van der Waals surface area contributed by atoms with Crippen LogP contribution in [0, 0.1) is 0 Å². The number of nitrogens with one attached hydrogen (secondary N) is 1. The molecule has 96 valence electrons. The van der Waals surface area contributed by atoms with Gasteiger partial charge in [-0.15, -0.1) is 0 Å². The van der Waals surface area contributed by atoms with E-state index < -0.39 is 0 Å². The minimum absolute atomic E-state index is 0.428. The molecule has 1 fully saturated rings. The summed E-state index contributed by atoms with van der Waals surface area (Å²) < 4.78 is 3.00. The smallest absolute Gasteiger partial charge is 0.144 e. The van der Waals surface area contributed by atoms with Crippen LogP contribution in [0.2, 0.25) is 0 Å². The zero-order chi connectivity index (χ0) is 12.8. The summed E-state index contributed by atoms with van der Waals surface area (Å²) in [6.45, 7) is 1.84. The molecular weight excluding hydrogens is 308 g/mol. The van der Waals surface area contributed by atoms with E-state index in [9.17, 15) is 0 Å². The molecule has 4 heterocycles. The maximum Gasteiger partial charge on any atom is 0.144 e. The van der Waals surface area contributed by atoms with Gasteiger partial charge in [0, 0.05) is 36.2 Å². The maximum atomic E-state index is 4.41. The molecule has 1 N–H and O–H groups in total. The summed E-state index contributed by atoms with van der Waals surface area (Å²) in [4.78, 5) is 14.0. The van der Waals surface area contributed by atoms with Gasteiger partial charge in [0.25, 0.3) is 0 Å². The van der Waals surface area contributed by atoms with Crippen LogP contribution >= 0.6 is 15.9 Å². The van der Waals surface area contributed by atoms with E-state index in [2.05, 4.69) is 40.9 Å². The van der Waals surface area contributed by atoms with Gasteiger partial charge in [0.1, 0.15) is 17.8 Å². The molecular formula is C12H11BrN6. The number of H-pyrrole nitrogens is 1. The van der Waals surface area contributed by atoms with Crippen LogP contribution in [0.5, 0.6) is 0 Å². The van der Waals surface area contributed by atoms with Gasteiger partial charge in [-0.3, -0.25) is 4.68 Å². The zero-order valence-corrected chi connectivity index (χ0v) is 11.6. The van der Waals surface area contributed by atoms with Crippen LogP contribution in [0.4, 0.5) is 5.82 Å². The minimum atomic E-state index is 0.428. The molecule has 1 aliphatic rings. The first kappa shape index (κ1) is 11.0. The van der Waals surface area contributed by atoms with Crippen molar-refractivity contribution < 1.29 is 0 Å². The summed E-state index contributed by atoms with van der Waals surface area (Å²) in [5.41, 5.74) is 0.861. The second-order valence-electron chi connectivity index (χ2n) is 4.60. The SMILES string of the molecule is Brc1c[nH]c2ncnc(N3CC(n4cccn4)C3)c12. The molecule has 0 spiro atoms. The summed E-state index contributed by atoms with van der Waals surface area (Å²) in [5.74, 6) is 0.974. The summed E-state index contributed by atoms with van der Waals surface area (Å²) in [6, 6.07) is 2.38. The van der Waals surface area contributed by atoms with Crippen molar-refractivity contribution in [2.24, 2.45) is 0 Å². The van der Waals surface area contributed by atoms with Crippen LogP contribution in [0.25, 0.3) is 11.0 Å². The Labute approximate surface area is 117 Å². The molecule has 0 saturated carbocycles. The fourth-order valence-electron chi connectivity index (χ4n) is 2.44. The van der Waals surface area contributed by atoms with Gasteiger partial charge in [0.15, 0.2) is 0 Å². The summed E-state index contributed by atoms with van der Waals surface area (Å²) in [5, 5.41) is 5.32. The third-order valence-electron chi connectivity index (χ3n) is 3.46. The molecule has 0 amide bonds. The fraction of sp³-hybridized carbons (Fsp3) is 0.250. The van der Waals surface area contributed by atoms with E-state index in [1.165, 1.54) is 0 Å². The van der Waals surface area contributed by atoms with E-state index in [4.69, 9.17) is 0 Å². The Morgan fingerprint density at radius 3 is 3.00 bits per heavy atom. The highest BCUT2D eigenvalue weighted by Gasteiger charge is 2.31. The molecule has 3 aromatic heterocycles. The topological polar surface area (TPSA) is 62.6 Å². The first-order chi connectivity index (χ1) is 9.33. The zero-order valence-electron chi connectivity index (χ0n) is 9.99. The van der Waals surface area contributed by atoms with Crippen molar-refractivity contribution in [3.8, 4) is 0 Å². The normalized spacial score (nSPS) is 15.9. The molecule has 19 heavy (non-hydrogen) atoms. The molecule has 4 rings (SSSR count). The maximum absolute atomic E-state index is 4.41. The molecule has 3 aromatic rings. The predicted molar refractivity (Wildman–Crippen MR) is 75.1 cm³/mol. The third kappa shape index (κ3) is 1.65. The molecule has 0 radical (unpaired) electrons. The number of aromatic nitrogens is 5. The minimum Gasteiger partial charge on any atom is -0.351 e. The van der Waals surface area contributed by atoms with Gasteiger partial charge in [-0.05, 0) is 22.0 Å². The Morgan fingerprint density at radius 1 is 1.32 bits per heavy atom. The Bertz CT molecular complexity index is 713. The number of fused-ring (bicyclic) bond motifs is 1. The van der Waals surface area contributed by atoms with Crippen molar-refractivity contribution in [3.05, 3.63) is 35.5 Å². The molecule has 0 unspecified atom stereocenters. The average Bonchev–Trinajstić information content (AvgIpc) is 2.99. The third-order valence-corrected chi connectivity index (χ3v) is 4.09. The van der Waals surface area contributed by atoms with Crippen molar-refractivity contribution in [1.82, 2.24) is 24.7 Å². The number of anilines is 1. The van der Waals surface area contributed by atoms with Crippen molar-refractivity contribution in [3.63, 3.8) is 0 Å². The Kier molecular flexibility index (Phi) is 2.34. The molecule has 0 bridgehead atoms. The van der Waals surface area contributed by atoms with Gasteiger partial charge in [0.05, 0.1) is 11.4 Å². The van der Waals surface area contributed by atoms with Crippen molar-refractivity contribution >= 4 is 32.8 Å². The second-order valence-corrected chi connectivity index (χ2v) is 5.46. The van der Waals surface area contributed by atoms with Crippen LogP contribution in [0.1, 0.15) is 6.04 Å². The number of aromatic amines is 1. The second kappa shape index (κ2) is 4.06. The van der Waals surface area contributed by atoms with Crippen molar-refractivity contribution in [2.75, 3.05) is 18.0 Å². The van der Waals surface area contributed by atoms with E-state index in [0.717, 1.165) is 34.4 Å². The van der Waals surface area contributed by atoms with Gasteiger partial charge in [-0.1, -0.05) is 0 Å². The molecule has 6 nitrogen and oxygen atoms in total. The van der Waals surface area contributed by atoms with Crippen molar-refractivity contribution in [1.29, 1.82) is 0 Å². The van der Waals surface area contributed by atoms with Crippen LogP contribution in [0.15, 0.2) is 35.5 Å². The Morgan fingerprint density at radius 2 is 2.21 bits per heavy atom. The van der Waals surface area contributed by atoms with Gasteiger partial charge in [-0.2, -0.15) is 5.10 Å². The Balaban J connectivity index is 1.65. The summed E-state index contributed by atoms with van der Waals surface area (Å²) in [7, 11) is 0. The van der Waals surface area contributed by atoms with E-state index in [1.54, 1.807) is 6.33 Å². The van der Waals surface area contributed by atoms with E-state index >= 15 is 0 Å². The quantitative estimate of drug-likeness (QED) is 0.784. The molecule has 0 atom stereocenters. The number of hydrogen-bond donors (Lipinski definition) is 1. The van der Waals surface area contributed by atoms with E-state index in [0.29, 0.717) is 6.04 Å². The highest BCUT2D eigenvalue weighted by Crippen LogP contribution is 2.34. The molecule has 1 saturated heterocycles. The lowest BCUT2D eigenvalue weighted by Gasteiger charge is -2.40. The van der Waals surface area contributed by atoms with Gasteiger partial charge in [0.2, 0.25) is 0 Å².